The summed E-state index contributed by atoms with van der Waals surface area (Å²) in [6.07, 6.45) is 3.67. The molecule has 2 rings (SSSR count). The highest BCUT2D eigenvalue weighted by Crippen LogP contribution is 2.28. The van der Waals surface area contributed by atoms with Crippen molar-refractivity contribution in [2.45, 2.75) is 24.3 Å². The fourth-order valence-electron chi connectivity index (χ4n) is 2.64. The lowest BCUT2D eigenvalue weighted by Gasteiger charge is -2.16. The maximum Gasteiger partial charge on any atom is 0.258 e. The van der Waals surface area contributed by atoms with Crippen LogP contribution in [0.5, 0.6) is 11.5 Å². The van der Waals surface area contributed by atoms with Crippen LogP contribution in [0.2, 0.25) is 0 Å². The third-order valence-corrected chi connectivity index (χ3v) is 5.28. The molecule has 28 heavy (non-hydrogen) atoms. The summed E-state index contributed by atoms with van der Waals surface area (Å²) >= 11 is 0. The van der Waals surface area contributed by atoms with Gasteiger partial charge >= 0.3 is 0 Å². The molecule has 0 fully saturated rings. The van der Waals surface area contributed by atoms with E-state index in [9.17, 15) is 13.2 Å². The Hall–Kier alpha value is -2.80. The lowest BCUT2D eigenvalue weighted by molar-refractivity contribution is -0.123. The maximum absolute atomic E-state index is 12.2. The third kappa shape index (κ3) is 5.85. The number of allylic oxidation sites excluding steroid dienone is 1. The van der Waals surface area contributed by atoms with Crippen molar-refractivity contribution in [3.63, 3.8) is 0 Å². The number of rotatable bonds is 9. The molecule has 0 aliphatic heterocycles. The van der Waals surface area contributed by atoms with Gasteiger partial charge in [-0.05, 0) is 48.7 Å². The van der Waals surface area contributed by atoms with Crippen molar-refractivity contribution in [2.75, 3.05) is 20.0 Å². The number of carbonyl (C=O) groups is 1. The minimum Gasteiger partial charge on any atom is -0.493 e. The van der Waals surface area contributed by atoms with Gasteiger partial charge in [-0.3, -0.25) is 4.79 Å². The Bertz CT molecular complexity index is 936. The molecule has 1 unspecified atom stereocenters. The van der Waals surface area contributed by atoms with Crippen LogP contribution in [0.4, 0.5) is 0 Å². The van der Waals surface area contributed by atoms with E-state index in [0.29, 0.717) is 17.9 Å². The van der Waals surface area contributed by atoms with Crippen LogP contribution in [0.25, 0.3) is 0 Å². The first-order valence-electron chi connectivity index (χ1n) is 8.74. The smallest absolute Gasteiger partial charge is 0.258 e. The average molecular weight is 404 g/mol. The molecular weight excluding hydrogens is 378 g/mol. The van der Waals surface area contributed by atoms with Crippen LogP contribution in [0, 0.1) is 0 Å². The van der Waals surface area contributed by atoms with Gasteiger partial charge in [0.1, 0.15) is 0 Å². The molecule has 2 aromatic carbocycles. The highest BCUT2D eigenvalue weighted by molar-refractivity contribution is 7.90. The summed E-state index contributed by atoms with van der Waals surface area (Å²) in [7, 11) is -1.70. The molecule has 0 saturated heterocycles. The van der Waals surface area contributed by atoms with Gasteiger partial charge in [0.15, 0.2) is 27.9 Å². The van der Waals surface area contributed by atoms with E-state index in [4.69, 9.17) is 9.47 Å². The largest absolute Gasteiger partial charge is 0.493 e. The van der Waals surface area contributed by atoms with Gasteiger partial charge < -0.3 is 14.8 Å². The number of carbonyl (C=O) groups excluding carboxylic acids is 1. The molecule has 6 nitrogen and oxygen atoms in total. The predicted octanol–water partition coefficient (Wildman–Crippen LogP) is 3.08. The van der Waals surface area contributed by atoms with Crippen LogP contribution in [0.15, 0.2) is 60.0 Å². The van der Waals surface area contributed by atoms with Gasteiger partial charge in [-0.2, -0.15) is 0 Å². The van der Waals surface area contributed by atoms with Crippen molar-refractivity contribution in [3.05, 3.63) is 66.2 Å². The zero-order chi connectivity index (χ0) is 20.7. The van der Waals surface area contributed by atoms with Crippen LogP contribution < -0.4 is 14.8 Å². The summed E-state index contributed by atoms with van der Waals surface area (Å²) in [5.74, 6) is 0.740. The van der Waals surface area contributed by atoms with Crippen molar-refractivity contribution < 1.29 is 22.7 Å². The van der Waals surface area contributed by atoms with E-state index in [0.717, 1.165) is 17.4 Å². The molecule has 0 aromatic heterocycles. The van der Waals surface area contributed by atoms with Gasteiger partial charge in [0.05, 0.1) is 18.0 Å². The Morgan fingerprint density at radius 3 is 2.43 bits per heavy atom. The molecule has 0 spiro atoms. The monoisotopic (exact) mass is 403 g/mol. The van der Waals surface area contributed by atoms with E-state index in [1.807, 2.05) is 19.1 Å². The van der Waals surface area contributed by atoms with Crippen LogP contribution in [0.3, 0.4) is 0 Å². The van der Waals surface area contributed by atoms with Crippen LogP contribution >= 0.6 is 0 Å². The van der Waals surface area contributed by atoms with Gasteiger partial charge in [-0.15, -0.1) is 6.58 Å². The quantitative estimate of drug-likeness (QED) is 0.651. The highest BCUT2D eigenvalue weighted by Gasteiger charge is 2.13. The molecule has 150 valence electrons. The molecule has 2 aromatic rings. The number of nitrogens with one attached hydrogen (secondary N) is 1. The van der Waals surface area contributed by atoms with Crippen LogP contribution in [-0.2, 0) is 21.1 Å². The second kappa shape index (κ2) is 9.41. The molecule has 0 saturated carbocycles. The Balaban J connectivity index is 1.96. The predicted molar refractivity (Wildman–Crippen MR) is 108 cm³/mol. The zero-order valence-corrected chi connectivity index (χ0v) is 17.1. The van der Waals surface area contributed by atoms with E-state index in [2.05, 4.69) is 11.9 Å². The van der Waals surface area contributed by atoms with Gasteiger partial charge in [-0.25, -0.2) is 8.42 Å². The van der Waals surface area contributed by atoms with E-state index < -0.39 is 9.84 Å². The minimum absolute atomic E-state index is 0.164. The van der Waals surface area contributed by atoms with Crippen molar-refractivity contribution in [3.8, 4) is 11.5 Å². The first-order valence-corrected chi connectivity index (χ1v) is 10.6. The first kappa shape index (κ1) is 21.5. The molecule has 1 amide bonds. The molecule has 0 heterocycles. The molecule has 0 radical (unpaired) electrons. The van der Waals surface area contributed by atoms with Gasteiger partial charge in [0, 0.05) is 6.26 Å². The van der Waals surface area contributed by atoms with Gasteiger partial charge in [0.25, 0.3) is 5.91 Å². The number of benzene rings is 2. The van der Waals surface area contributed by atoms with Crippen molar-refractivity contribution in [2.24, 2.45) is 0 Å². The van der Waals surface area contributed by atoms with Crippen LogP contribution in [-0.4, -0.2) is 34.3 Å². The average Bonchev–Trinajstić information content (AvgIpc) is 2.66. The van der Waals surface area contributed by atoms with E-state index in [1.165, 1.54) is 12.1 Å². The minimum atomic E-state index is -3.25. The lowest BCUT2D eigenvalue weighted by atomic mass is 10.1. The Morgan fingerprint density at radius 1 is 1.18 bits per heavy atom. The molecule has 7 heteroatoms. The zero-order valence-electron chi connectivity index (χ0n) is 16.3. The summed E-state index contributed by atoms with van der Waals surface area (Å²) in [6, 6.07) is 11.6. The maximum atomic E-state index is 12.2. The normalized spacial score (nSPS) is 12.1. The number of amides is 1. The summed E-state index contributed by atoms with van der Waals surface area (Å²) in [4.78, 5) is 12.5. The fraction of sp³-hybridized carbons (Fsp3) is 0.286. The molecule has 0 aliphatic rings. The standard InChI is InChI=1S/C21H25NO5S/c1-5-6-16-7-12-19(20(13-16)26-3)27-14-21(23)22-15(2)17-8-10-18(11-9-17)28(4,24)25/h5,7-13,15H,1,6,14H2,2-4H3,(H,22,23). The topological polar surface area (TPSA) is 81.7 Å². The number of ether oxygens (including phenoxy) is 2. The second-order valence-corrected chi connectivity index (χ2v) is 8.41. The first-order chi connectivity index (χ1) is 13.2. The Morgan fingerprint density at radius 2 is 1.86 bits per heavy atom. The van der Waals surface area contributed by atoms with Crippen molar-refractivity contribution in [1.82, 2.24) is 5.32 Å². The van der Waals surface area contributed by atoms with Crippen LogP contribution in [0.1, 0.15) is 24.1 Å². The molecular formula is C21H25NO5S. The number of hydrogen-bond acceptors (Lipinski definition) is 5. The summed E-state index contributed by atoms with van der Waals surface area (Å²) in [5.41, 5.74) is 1.84. The number of methoxy groups -OCH3 is 1. The third-order valence-electron chi connectivity index (χ3n) is 4.15. The van der Waals surface area contributed by atoms with E-state index in [1.54, 1.807) is 31.4 Å². The summed E-state index contributed by atoms with van der Waals surface area (Å²) in [5, 5.41) is 2.83. The fourth-order valence-corrected chi connectivity index (χ4v) is 3.27. The summed E-state index contributed by atoms with van der Waals surface area (Å²) in [6.45, 7) is 5.36. The Kier molecular flexibility index (Phi) is 7.23. The number of sulfone groups is 1. The van der Waals surface area contributed by atoms with E-state index in [-0.39, 0.29) is 23.5 Å². The van der Waals surface area contributed by atoms with E-state index >= 15 is 0 Å². The number of hydrogen-bond donors (Lipinski definition) is 1. The van der Waals surface area contributed by atoms with Crippen molar-refractivity contribution >= 4 is 15.7 Å². The molecule has 0 bridgehead atoms. The van der Waals surface area contributed by atoms with Crippen molar-refractivity contribution in [1.29, 1.82) is 0 Å². The highest BCUT2D eigenvalue weighted by atomic mass is 32.2. The molecule has 0 aliphatic carbocycles. The Labute approximate surface area is 166 Å². The molecule has 1 atom stereocenters. The van der Waals surface area contributed by atoms with Gasteiger partial charge in [-0.1, -0.05) is 24.3 Å². The second-order valence-electron chi connectivity index (χ2n) is 6.40. The lowest BCUT2D eigenvalue weighted by Crippen LogP contribution is -2.31. The molecule has 1 N–H and O–H groups in total. The summed E-state index contributed by atoms with van der Waals surface area (Å²) < 4.78 is 33.9. The van der Waals surface area contributed by atoms with Gasteiger partial charge in [0.2, 0.25) is 0 Å². The SMILES string of the molecule is C=CCc1ccc(OCC(=O)NC(C)c2ccc(S(C)(=O)=O)cc2)c(OC)c1.